The summed E-state index contributed by atoms with van der Waals surface area (Å²) in [5, 5.41) is 0. The van der Waals surface area contributed by atoms with Crippen molar-refractivity contribution in [3.8, 4) is 0 Å². The fourth-order valence-electron chi connectivity index (χ4n) is 3.08. The van der Waals surface area contributed by atoms with Crippen LogP contribution in [0.1, 0.15) is 49.7 Å². The lowest BCUT2D eigenvalue weighted by molar-refractivity contribution is 0.317. The zero-order valence-electron chi connectivity index (χ0n) is 11.0. The maximum absolute atomic E-state index is 6.29. The third-order valence-corrected chi connectivity index (χ3v) is 3.94. The molecule has 1 saturated carbocycles. The first kappa shape index (κ1) is 12.6. The molecule has 1 aromatic rings. The highest BCUT2D eigenvalue weighted by molar-refractivity contribution is 5.22. The first-order valence-electron chi connectivity index (χ1n) is 7.05. The van der Waals surface area contributed by atoms with Crippen molar-refractivity contribution in [2.75, 3.05) is 0 Å². The summed E-state index contributed by atoms with van der Waals surface area (Å²) in [7, 11) is 0. The average molecular weight is 231 g/mol. The first-order valence-corrected chi connectivity index (χ1v) is 7.05. The molecule has 1 aromatic carbocycles. The normalized spacial score (nSPS) is 19.2. The average Bonchev–Trinajstić information content (AvgIpc) is 2.30. The molecular weight excluding hydrogens is 206 g/mol. The van der Waals surface area contributed by atoms with E-state index in [0.29, 0.717) is 6.04 Å². The van der Waals surface area contributed by atoms with Crippen LogP contribution in [0, 0.1) is 12.8 Å². The van der Waals surface area contributed by atoms with Crippen molar-refractivity contribution in [3.05, 3.63) is 35.4 Å². The van der Waals surface area contributed by atoms with Crippen LogP contribution in [0.2, 0.25) is 0 Å². The van der Waals surface area contributed by atoms with Gasteiger partial charge in [0.1, 0.15) is 0 Å². The Hall–Kier alpha value is -0.820. The summed E-state index contributed by atoms with van der Waals surface area (Å²) in [6.07, 6.45) is 9.34. The molecule has 1 nitrogen and oxygen atoms in total. The monoisotopic (exact) mass is 231 g/mol. The van der Waals surface area contributed by atoms with Crippen LogP contribution in [0.3, 0.4) is 0 Å². The molecule has 2 rings (SSSR count). The third-order valence-electron chi connectivity index (χ3n) is 3.94. The molecule has 1 unspecified atom stereocenters. The molecule has 94 valence electrons. The van der Waals surface area contributed by atoms with Gasteiger partial charge in [-0.25, -0.2) is 0 Å². The maximum Gasteiger partial charge on any atom is 0.00819 e. The molecule has 0 radical (unpaired) electrons. The van der Waals surface area contributed by atoms with Crippen molar-refractivity contribution >= 4 is 0 Å². The number of hydrogen-bond acceptors (Lipinski definition) is 1. The van der Waals surface area contributed by atoms with E-state index in [2.05, 4.69) is 31.2 Å². The zero-order valence-corrected chi connectivity index (χ0v) is 11.0. The molecule has 1 fully saturated rings. The summed E-state index contributed by atoms with van der Waals surface area (Å²) in [5.41, 5.74) is 9.02. The number of aryl methyl sites for hydroxylation is 1. The van der Waals surface area contributed by atoms with E-state index in [9.17, 15) is 0 Å². The third kappa shape index (κ3) is 4.16. The van der Waals surface area contributed by atoms with E-state index in [-0.39, 0.29) is 0 Å². The molecule has 1 aliphatic rings. The van der Waals surface area contributed by atoms with Crippen molar-refractivity contribution in [2.24, 2.45) is 11.7 Å². The second-order valence-electron chi connectivity index (χ2n) is 5.69. The lowest BCUT2D eigenvalue weighted by Gasteiger charge is -2.24. The van der Waals surface area contributed by atoms with Crippen LogP contribution in [0.25, 0.3) is 0 Å². The Labute approximate surface area is 105 Å². The highest BCUT2D eigenvalue weighted by Crippen LogP contribution is 2.27. The van der Waals surface area contributed by atoms with Crippen LogP contribution in [0.15, 0.2) is 24.3 Å². The molecule has 0 aromatic heterocycles. The van der Waals surface area contributed by atoms with Crippen LogP contribution in [0.5, 0.6) is 0 Å². The Morgan fingerprint density at radius 3 is 2.71 bits per heavy atom. The molecule has 1 heteroatoms. The fourth-order valence-corrected chi connectivity index (χ4v) is 3.08. The number of rotatable bonds is 4. The van der Waals surface area contributed by atoms with Crippen molar-refractivity contribution < 1.29 is 0 Å². The number of benzene rings is 1. The predicted octanol–water partition coefficient (Wildman–Crippen LogP) is 3.84. The summed E-state index contributed by atoms with van der Waals surface area (Å²) >= 11 is 0. The quantitative estimate of drug-likeness (QED) is 0.837. The Balaban J connectivity index is 1.82. The molecular formula is C16H25N. The Morgan fingerprint density at radius 1 is 1.24 bits per heavy atom. The van der Waals surface area contributed by atoms with Crippen molar-refractivity contribution in [2.45, 2.75) is 57.9 Å². The van der Waals surface area contributed by atoms with Crippen molar-refractivity contribution in [3.63, 3.8) is 0 Å². The van der Waals surface area contributed by atoms with Gasteiger partial charge < -0.3 is 5.73 Å². The summed E-state index contributed by atoms with van der Waals surface area (Å²) in [5.74, 6) is 0.892. The molecule has 1 aliphatic carbocycles. The van der Waals surface area contributed by atoms with E-state index in [1.807, 2.05) is 0 Å². The van der Waals surface area contributed by atoms with Gasteiger partial charge in [-0.1, -0.05) is 61.9 Å². The molecule has 2 N–H and O–H groups in total. The van der Waals surface area contributed by atoms with Crippen LogP contribution < -0.4 is 5.73 Å². The molecule has 0 bridgehead atoms. The van der Waals surface area contributed by atoms with E-state index >= 15 is 0 Å². The minimum absolute atomic E-state index is 0.347. The van der Waals surface area contributed by atoms with Gasteiger partial charge in [0.2, 0.25) is 0 Å². The topological polar surface area (TPSA) is 26.0 Å². The van der Waals surface area contributed by atoms with E-state index in [4.69, 9.17) is 5.73 Å². The van der Waals surface area contributed by atoms with E-state index in [1.165, 1.54) is 49.7 Å². The van der Waals surface area contributed by atoms with E-state index in [0.717, 1.165) is 12.3 Å². The number of nitrogens with two attached hydrogens (primary N) is 1. The van der Waals surface area contributed by atoms with Gasteiger partial charge in [0.05, 0.1) is 0 Å². The summed E-state index contributed by atoms with van der Waals surface area (Å²) in [6, 6.07) is 9.10. The molecule has 0 heterocycles. The first-order chi connectivity index (χ1) is 8.24. The van der Waals surface area contributed by atoms with Crippen molar-refractivity contribution in [1.29, 1.82) is 0 Å². The lowest BCUT2D eigenvalue weighted by Crippen LogP contribution is -2.27. The van der Waals surface area contributed by atoms with Gasteiger partial charge in [0.25, 0.3) is 0 Å². The minimum atomic E-state index is 0.347. The molecule has 0 saturated heterocycles. The Bertz CT molecular complexity index is 339. The molecule has 1 atom stereocenters. The van der Waals surface area contributed by atoms with Crippen LogP contribution in [-0.2, 0) is 6.42 Å². The summed E-state index contributed by atoms with van der Waals surface area (Å²) in [6.45, 7) is 2.15. The van der Waals surface area contributed by atoms with E-state index in [1.54, 1.807) is 0 Å². The van der Waals surface area contributed by atoms with E-state index < -0.39 is 0 Å². The smallest absolute Gasteiger partial charge is 0.00819 e. The van der Waals surface area contributed by atoms with Gasteiger partial charge in [-0.3, -0.25) is 0 Å². The largest absolute Gasteiger partial charge is 0.327 e. The minimum Gasteiger partial charge on any atom is -0.327 e. The van der Waals surface area contributed by atoms with Crippen molar-refractivity contribution in [1.82, 2.24) is 0 Å². The van der Waals surface area contributed by atoms with Gasteiger partial charge in [0, 0.05) is 6.04 Å². The Kier molecular flexibility index (Phi) is 4.61. The van der Waals surface area contributed by atoms with Gasteiger partial charge in [0.15, 0.2) is 0 Å². The summed E-state index contributed by atoms with van der Waals surface area (Å²) < 4.78 is 0. The zero-order chi connectivity index (χ0) is 12.1. The molecule has 0 spiro atoms. The second-order valence-corrected chi connectivity index (χ2v) is 5.69. The van der Waals surface area contributed by atoms with Gasteiger partial charge in [-0.2, -0.15) is 0 Å². The standard InChI is InChI=1S/C16H25N/c1-13-6-5-9-15(10-13)12-16(17)11-14-7-3-2-4-8-14/h5-6,9-10,14,16H,2-4,7-8,11-12,17H2,1H3. The number of hydrogen-bond donors (Lipinski definition) is 1. The maximum atomic E-state index is 6.29. The Morgan fingerprint density at radius 2 is 2.00 bits per heavy atom. The molecule has 0 aliphatic heterocycles. The fraction of sp³-hybridized carbons (Fsp3) is 0.625. The summed E-state index contributed by atoms with van der Waals surface area (Å²) in [4.78, 5) is 0. The molecule has 17 heavy (non-hydrogen) atoms. The second kappa shape index (κ2) is 6.20. The van der Waals surface area contributed by atoms with Crippen LogP contribution in [-0.4, -0.2) is 6.04 Å². The van der Waals surface area contributed by atoms with Gasteiger partial charge in [-0.05, 0) is 31.2 Å². The SMILES string of the molecule is Cc1cccc(CC(N)CC2CCCCC2)c1. The van der Waals surface area contributed by atoms with Crippen LogP contribution in [0.4, 0.5) is 0 Å². The van der Waals surface area contributed by atoms with Crippen LogP contribution >= 0.6 is 0 Å². The lowest BCUT2D eigenvalue weighted by atomic mass is 9.84. The van der Waals surface area contributed by atoms with Gasteiger partial charge >= 0.3 is 0 Å². The predicted molar refractivity (Wildman–Crippen MR) is 74.1 cm³/mol. The highest BCUT2D eigenvalue weighted by atomic mass is 14.6. The van der Waals surface area contributed by atoms with Gasteiger partial charge in [-0.15, -0.1) is 0 Å². The highest BCUT2D eigenvalue weighted by Gasteiger charge is 2.16. The molecule has 0 amide bonds.